The molecule has 0 aromatic carbocycles. The number of pyridine rings is 1. The number of nitrogens with zero attached hydrogens (tertiary/aromatic N) is 2. The quantitative estimate of drug-likeness (QED) is 0.853. The van der Waals surface area contributed by atoms with Crippen LogP contribution >= 0.6 is 0 Å². The molecule has 1 atom stereocenters. The van der Waals surface area contributed by atoms with Gasteiger partial charge in [-0.15, -0.1) is 0 Å². The Morgan fingerprint density at radius 1 is 1.59 bits per heavy atom. The van der Waals surface area contributed by atoms with Gasteiger partial charge in [0.05, 0.1) is 7.11 Å². The number of ether oxygens (including phenoxy) is 1. The van der Waals surface area contributed by atoms with E-state index < -0.39 is 0 Å². The Bertz CT molecular complexity index is 356. The summed E-state index contributed by atoms with van der Waals surface area (Å²) in [7, 11) is 1.67. The van der Waals surface area contributed by atoms with Crippen molar-refractivity contribution in [2.24, 2.45) is 11.7 Å². The average Bonchev–Trinajstić information content (AvgIpc) is 2.39. The highest BCUT2D eigenvalue weighted by Crippen LogP contribution is 2.21. The van der Waals surface area contributed by atoms with Crippen molar-refractivity contribution < 1.29 is 4.74 Å². The molecule has 1 aromatic rings. The number of aromatic nitrogens is 1. The monoisotopic (exact) mass is 235 g/mol. The van der Waals surface area contributed by atoms with E-state index in [9.17, 15) is 0 Å². The lowest BCUT2D eigenvalue weighted by Crippen LogP contribution is -2.37. The van der Waals surface area contributed by atoms with Crippen LogP contribution in [0.5, 0.6) is 5.88 Å². The van der Waals surface area contributed by atoms with E-state index in [1.807, 2.05) is 6.07 Å². The van der Waals surface area contributed by atoms with Gasteiger partial charge in [0.1, 0.15) is 0 Å². The van der Waals surface area contributed by atoms with Gasteiger partial charge in [-0.3, -0.25) is 4.90 Å². The molecule has 0 amide bonds. The summed E-state index contributed by atoms with van der Waals surface area (Å²) in [5, 5.41) is 0. The van der Waals surface area contributed by atoms with E-state index in [1.54, 1.807) is 13.3 Å². The molecule has 17 heavy (non-hydrogen) atoms. The maximum atomic E-state index is 5.75. The first-order chi connectivity index (χ1) is 8.33. The van der Waals surface area contributed by atoms with E-state index in [0.717, 1.165) is 37.6 Å². The summed E-state index contributed by atoms with van der Waals surface area (Å²) in [6, 6.07) is 4.04. The molecule has 0 bridgehead atoms. The predicted molar refractivity (Wildman–Crippen MR) is 67.8 cm³/mol. The summed E-state index contributed by atoms with van der Waals surface area (Å²) >= 11 is 0. The highest BCUT2D eigenvalue weighted by atomic mass is 16.5. The fourth-order valence-corrected chi connectivity index (χ4v) is 2.46. The van der Waals surface area contributed by atoms with Gasteiger partial charge in [0.15, 0.2) is 0 Å². The maximum absolute atomic E-state index is 5.75. The van der Waals surface area contributed by atoms with Gasteiger partial charge in [-0.05, 0) is 37.9 Å². The molecule has 1 aliphatic rings. The normalized spacial score (nSPS) is 21.4. The van der Waals surface area contributed by atoms with Crippen LogP contribution in [0.4, 0.5) is 0 Å². The SMILES string of the molecule is COc1ncccc1CN1CCCC(CN)C1. The highest BCUT2D eigenvalue weighted by molar-refractivity contribution is 5.25. The number of hydrogen-bond acceptors (Lipinski definition) is 4. The number of methoxy groups -OCH3 is 1. The average molecular weight is 235 g/mol. The molecule has 0 aliphatic carbocycles. The number of nitrogens with two attached hydrogens (primary N) is 1. The van der Waals surface area contributed by atoms with Gasteiger partial charge in [0, 0.05) is 24.8 Å². The van der Waals surface area contributed by atoms with Crippen molar-refractivity contribution in [2.45, 2.75) is 19.4 Å². The van der Waals surface area contributed by atoms with Crippen LogP contribution in [0.2, 0.25) is 0 Å². The molecule has 1 aromatic heterocycles. The summed E-state index contributed by atoms with van der Waals surface area (Å²) in [5.74, 6) is 1.38. The van der Waals surface area contributed by atoms with Gasteiger partial charge < -0.3 is 10.5 Å². The van der Waals surface area contributed by atoms with Crippen LogP contribution in [0.25, 0.3) is 0 Å². The fourth-order valence-electron chi connectivity index (χ4n) is 2.46. The molecule has 2 heterocycles. The molecule has 0 spiro atoms. The molecule has 4 nitrogen and oxygen atoms in total. The number of likely N-dealkylation sites (tertiary alicyclic amines) is 1. The molecule has 1 unspecified atom stereocenters. The summed E-state index contributed by atoms with van der Waals surface area (Å²) in [6.45, 7) is 3.94. The van der Waals surface area contributed by atoms with Gasteiger partial charge >= 0.3 is 0 Å². The minimum Gasteiger partial charge on any atom is -0.481 e. The van der Waals surface area contributed by atoms with E-state index in [0.29, 0.717) is 5.92 Å². The van der Waals surface area contributed by atoms with Crippen LogP contribution in [0.3, 0.4) is 0 Å². The van der Waals surface area contributed by atoms with Gasteiger partial charge in [0.2, 0.25) is 5.88 Å². The molecule has 2 N–H and O–H groups in total. The van der Waals surface area contributed by atoms with Crippen molar-refractivity contribution in [3.05, 3.63) is 23.9 Å². The lowest BCUT2D eigenvalue weighted by Gasteiger charge is -2.32. The Labute approximate surface area is 103 Å². The van der Waals surface area contributed by atoms with Crippen molar-refractivity contribution in [3.8, 4) is 5.88 Å². The molecule has 2 rings (SSSR count). The summed E-state index contributed by atoms with van der Waals surface area (Å²) in [5.41, 5.74) is 6.91. The Balaban J connectivity index is 2.00. The van der Waals surface area contributed by atoms with Gasteiger partial charge in [0.25, 0.3) is 0 Å². The molecule has 4 heteroatoms. The first-order valence-corrected chi connectivity index (χ1v) is 6.23. The maximum Gasteiger partial charge on any atom is 0.217 e. The zero-order valence-corrected chi connectivity index (χ0v) is 10.4. The summed E-state index contributed by atoms with van der Waals surface area (Å²) < 4.78 is 5.28. The topological polar surface area (TPSA) is 51.4 Å². The number of piperidine rings is 1. The van der Waals surface area contributed by atoms with E-state index in [-0.39, 0.29) is 0 Å². The Kier molecular flexibility index (Phi) is 4.34. The molecule has 1 saturated heterocycles. The lowest BCUT2D eigenvalue weighted by molar-refractivity contribution is 0.169. The van der Waals surface area contributed by atoms with Crippen LogP contribution in [0.1, 0.15) is 18.4 Å². The second kappa shape index (κ2) is 5.98. The Morgan fingerprint density at radius 2 is 2.47 bits per heavy atom. The zero-order chi connectivity index (χ0) is 12.1. The van der Waals surface area contributed by atoms with E-state index in [2.05, 4.69) is 16.0 Å². The molecular formula is C13H21N3O. The Morgan fingerprint density at radius 3 is 3.24 bits per heavy atom. The molecule has 0 radical (unpaired) electrons. The molecule has 0 saturated carbocycles. The van der Waals surface area contributed by atoms with Crippen molar-refractivity contribution in [3.63, 3.8) is 0 Å². The number of rotatable bonds is 4. The third-order valence-electron chi connectivity index (χ3n) is 3.37. The predicted octanol–water partition coefficient (Wildman–Crippen LogP) is 1.26. The van der Waals surface area contributed by atoms with Gasteiger partial charge in [-0.25, -0.2) is 4.98 Å². The second-order valence-electron chi connectivity index (χ2n) is 4.65. The molecule has 1 aliphatic heterocycles. The van der Waals surface area contributed by atoms with Gasteiger partial charge in [-0.2, -0.15) is 0 Å². The van der Waals surface area contributed by atoms with Crippen molar-refractivity contribution in [2.75, 3.05) is 26.7 Å². The standard InChI is InChI=1S/C13H21N3O/c1-17-13-12(5-2-6-15-13)10-16-7-3-4-11(8-14)9-16/h2,5-6,11H,3-4,7-10,14H2,1H3. The fraction of sp³-hybridized carbons (Fsp3) is 0.615. The third-order valence-corrected chi connectivity index (χ3v) is 3.37. The minimum atomic E-state index is 0.645. The minimum absolute atomic E-state index is 0.645. The lowest BCUT2D eigenvalue weighted by atomic mass is 9.98. The van der Waals surface area contributed by atoms with Crippen LogP contribution in [-0.4, -0.2) is 36.6 Å². The number of hydrogen-bond donors (Lipinski definition) is 1. The third kappa shape index (κ3) is 3.17. The second-order valence-corrected chi connectivity index (χ2v) is 4.65. The van der Waals surface area contributed by atoms with E-state index in [4.69, 9.17) is 10.5 Å². The zero-order valence-electron chi connectivity index (χ0n) is 10.4. The van der Waals surface area contributed by atoms with Crippen LogP contribution < -0.4 is 10.5 Å². The van der Waals surface area contributed by atoms with E-state index >= 15 is 0 Å². The summed E-state index contributed by atoms with van der Waals surface area (Å²) in [6.07, 6.45) is 4.27. The van der Waals surface area contributed by atoms with Crippen LogP contribution in [0.15, 0.2) is 18.3 Å². The van der Waals surface area contributed by atoms with Crippen molar-refractivity contribution in [1.29, 1.82) is 0 Å². The van der Waals surface area contributed by atoms with Crippen molar-refractivity contribution >= 4 is 0 Å². The molecule has 1 fully saturated rings. The first kappa shape index (κ1) is 12.3. The Hall–Kier alpha value is -1.13. The van der Waals surface area contributed by atoms with Gasteiger partial charge in [-0.1, -0.05) is 6.07 Å². The summed E-state index contributed by atoms with van der Waals surface area (Å²) in [4.78, 5) is 6.67. The smallest absolute Gasteiger partial charge is 0.217 e. The van der Waals surface area contributed by atoms with Crippen molar-refractivity contribution in [1.82, 2.24) is 9.88 Å². The largest absolute Gasteiger partial charge is 0.481 e. The molecule has 94 valence electrons. The first-order valence-electron chi connectivity index (χ1n) is 6.23. The van der Waals surface area contributed by atoms with Crippen LogP contribution in [-0.2, 0) is 6.54 Å². The highest BCUT2D eigenvalue weighted by Gasteiger charge is 2.19. The van der Waals surface area contributed by atoms with E-state index in [1.165, 1.54) is 12.8 Å². The molecular weight excluding hydrogens is 214 g/mol. The van der Waals surface area contributed by atoms with Crippen LogP contribution in [0, 0.1) is 5.92 Å².